The van der Waals surface area contributed by atoms with Gasteiger partial charge in [0.2, 0.25) is 0 Å². The molecule has 7 N–H and O–H groups in total. The van der Waals surface area contributed by atoms with Crippen molar-refractivity contribution in [2.45, 2.75) is 30.5 Å². The highest BCUT2D eigenvalue weighted by atomic mass is 16.5. The summed E-state index contributed by atoms with van der Waals surface area (Å²) >= 11 is 0. The summed E-state index contributed by atoms with van der Waals surface area (Å²) in [6.45, 7) is -0.694. The van der Waals surface area contributed by atoms with Crippen LogP contribution in [0.25, 0.3) is 22.3 Å². The van der Waals surface area contributed by atoms with Crippen molar-refractivity contribution in [3.63, 3.8) is 0 Å². The summed E-state index contributed by atoms with van der Waals surface area (Å²) in [6.07, 6.45) is -7.87. The van der Waals surface area contributed by atoms with Gasteiger partial charge in [0.05, 0.1) is 12.2 Å². The third kappa shape index (κ3) is 3.50. The molecule has 0 amide bonds. The lowest BCUT2D eigenvalue weighted by Gasteiger charge is -2.40. The van der Waals surface area contributed by atoms with Gasteiger partial charge in [-0.15, -0.1) is 0 Å². The van der Waals surface area contributed by atoms with E-state index in [4.69, 9.17) is 9.15 Å². The van der Waals surface area contributed by atoms with Crippen LogP contribution in [-0.2, 0) is 4.74 Å². The van der Waals surface area contributed by atoms with Gasteiger partial charge in [-0.05, 0) is 24.3 Å². The van der Waals surface area contributed by atoms with Crippen LogP contribution in [0.3, 0.4) is 0 Å². The number of benzene rings is 2. The van der Waals surface area contributed by atoms with Gasteiger partial charge in [0.15, 0.2) is 11.0 Å². The monoisotopic (exact) mass is 432 g/mol. The van der Waals surface area contributed by atoms with E-state index in [0.29, 0.717) is 5.56 Å². The van der Waals surface area contributed by atoms with Gasteiger partial charge < -0.3 is 44.9 Å². The normalized spacial score (nSPS) is 26.3. The van der Waals surface area contributed by atoms with Crippen LogP contribution in [0.4, 0.5) is 0 Å². The molecule has 0 radical (unpaired) electrons. The summed E-state index contributed by atoms with van der Waals surface area (Å²) in [5.41, 5.74) is -0.813. The Morgan fingerprint density at radius 1 is 0.871 bits per heavy atom. The van der Waals surface area contributed by atoms with E-state index in [1.807, 2.05) is 0 Å². The highest BCUT2D eigenvalue weighted by molar-refractivity contribution is 5.89. The first kappa shape index (κ1) is 21.1. The number of rotatable bonds is 3. The van der Waals surface area contributed by atoms with Gasteiger partial charge in [0.25, 0.3) is 0 Å². The molecule has 31 heavy (non-hydrogen) atoms. The molecule has 1 fully saturated rings. The zero-order chi connectivity index (χ0) is 22.4. The van der Waals surface area contributed by atoms with E-state index in [0.717, 1.165) is 12.1 Å². The van der Waals surface area contributed by atoms with Gasteiger partial charge >= 0.3 is 0 Å². The standard InChI is InChI=1S/C21H20O10/c22-7-14-17(27)18(28)19(29)21(31-14)16-11(25)5-10(24)15-12(26)6-13(30-20(15)16)8-1-3-9(23)4-2-8/h1-6,14,17-19,21-25,27-29H,7H2/t14-,17+,18-,19-,21-/m1/s1. The molecule has 0 spiro atoms. The predicted octanol–water partition coefficient (Wildman–Crippen LogP) is 0.0917. The molecule has 0 saturated carbocycles. The van der Waals surface area contributed by atoms with E-state index >= 15 is 0 Å². The number of hydrogen-bond donors (Lipinski definition) is 7. The summed E-state index contributed by atoms with van der Waals surface area (Å²) in [5.74, 6) is -1.15. The van der Waals surface area contributed by atoms with Crippen LogP contribution in [0.5, 0.6) is 17.2 Å². The molecule has 2 heterocycles. The maximum absolute atomic E-state index is 12.7. The molecule has 0 unspecified atom stereocenters. The minimum Gasteiger partial charge on any atom is -0.508 e. The van der Waals surface area contributed by atoms with Crippen molar-refractivity contribution < 1.29 is 44.9 Å². The highest BCUT2D eigenvalue weighted by Gasteiger charge is 2.46. The summed E-state index contributed by atoms with van der Waals surface area (Å²) in [4.78, 5) is 12.7. The fourth-order valence-corrected chi connectivity index (χ4v) is 3.70. The first-order valence-corrected chi connectivity index (χ1v) is 9.35. The number of aliphatic hydroxyl groups excluding tert-OH is 4. The molecule has 1 aromatic heterocycles. The van der Waals surface area contributed by atoms with Crippen molar-refractivity contribution in [1.82, 2.24) is 0 Å². The second kappa shape index (κ2) is 7.84. The molecule has 2 aromatic carbocycles. The number of aromatic hydroxyl groups is 3. The second-order valence-corrected chi connectivity index (χ2v) is 7.30. The van der Waals surface area contributed by atoms with Crippen molar-refractivity contribution in [2.75, 3.05) is 6.61 Å². The number of phenolic OH excluding ortho intramolecular Hbond substituents is 3. The number of hydrogen-bond acceptors (Lipinski definition) is 10. The van der Waals surface area contributed by atoms with Gasteiger partial charge in [0, 0.05) is 17.7 Å². The van der Waals surface area contributed by atoms with Gasteiger partial charge in [-0.1, -0.05) is 0 Å². The molecular weight excluding hydrogens is 412 g/mol. The average Bonchev–Trinajstić information content (AvgIpc) is 2.73. The molecule has 1 saturated heterocycles. The molecule has 164 valence electrons. The Hall–Kier alpha value is -3.15. The van der Waals surface area contributed by atoms with Crippen molar-refractivity contribution in [3.8, 4) is 28.6 Å². The van der Waals surface area contributed by atoms with E-state index in [1.54, 1.807) is 0 Å². The van der Waals surface area contributed by atoms with Crippen LogP contribution >= 0.6 is 0 Å². The number of aliphatic hydroxyl groups is 4. The Kier molecular flexibility index (Phi) is 5.33. The average molecular weight is 432 g/mol. The van der Waals surface area contributed by atoms with E-state index in [-0.39, 0.29) is 28.0 Å². The molecule has 1 aliphatic rings. The van der Waals surface area contributed by atoms with Crippen LogP contribution in [-0.4, -0.2) is 66.8 Å². The van der Waals surface area contributed by atoms with Crippen molar-refractivity contribution in [1.29, 1.82) is 0 Å². The number of ether oxygens (including phenoxy) is 1. The third-order valence-electron chi connectivity index (χ3n) is 5.33. The molecule has 0 bridgehead atoms. The highest BCUT2D eigenvalue weighted by Crippen LogP contribution is 2.43. The van der Waals surface area contributed by atoms with Crippen LogP contribution in [0, 0.1) is 0 Å². The predicted molar refractivity (Wildman–Crippen MR) is 106 cm³/mol. The zero-order valence-electron chi connectivity index (χ0n) is 15.9. The lowest BCUT2D eigenvalue weighted by atomic mass is 9.89. The lowest BCUT2D eigenvalue weighted by molar-refractivity contribution is -0.231. The number of phenols is 3. The fourth-order valence-electron chi connectivity index (χ4n) is 3.70. The van der Waals surface area contributed by atoms with E-state index < -0.39 is 54.1 Å². The maximum atomic E-state index is 12.7. The summed E-state index contributed by atoms with van der Waals surface area (Å²) < 4.78 is 11.3. The first-order chi connectivity index (χ1) is 14.7. The Morgan fingerprint density at radius 2 is 1.55 bits per heavy atom. The second-order valence-electron chi connectivity index (χ2n) is 7.30. The van der Waals surface area contributed by atoms with Crippen molar-refractivity contribution >= 4 is 11.0 Å². The Bertz CT molecular complexity index is 1170. The molecule has 1 aliphatic heterocycles. The van der Waals surface area contributed by atoms with Gasteiger partial charge in [-0.3, -0.25) is 4.79 Å². The molecule has 0 aliphatic carbocycles. The quantitative estimate of drug-likeness (QED) is 0.300. The van der Waals surface area contributed by atoms with Gasteiger partial charge in [0.1, 0.15) is 58.9 Å². The van der Waals surface area contributed by atoms with Crippen LogP contribution in [0.15, 0.2) is 45.6 Å². The van der Waals surface area contributed by atoms with E-state index in [1.165, 1.54) is 24.3 Å². The molecule has 4 rings (SSSR count). The lowest BCUT2D eigenvalue weighted by Crippen LogP contribution is -2.55. The summed E-state index contributed by atoms with van der Waals surface area (Å²) in [6, 6.07) is 7.69. The minimum atomic E-state index is -1.75. The molecular formula is C21H20O10. The zero-order valence-corrected chi connectivity index (χ0v) is 15.9. The van der Waals surface area contributed by atoms with E-state index in [9.17, 15) is 40.5 Å². The Balaban J connectivity index is 1.96. The summed E-state index contributed by atoms with van der Waals surface area (Å²) in [5, 5.41) is 70.0. The number of fused-ring (bicyclic) bond motifs is 1. The van der Waals surface area contributed by atoms with Gasteiger partial charge in [-0.25, -0.2) is 0 Å². The van der Waals surface area contributed by atoms with Crippen LogP contribution < -0.4 is 5.43 Å². The molecule has 5 atom stereocenters. The molecule has 10 nitrogen and oxygen atoms in total. The van der Waals surface area contributed by atoms with Gasteiger partial charge in [-0.2, -0.15) is 0 Å². The van der Waals surface area contributed by atoms with Crippen LogP contribution in [0.1, 0.15) is 11.7 Å². The molecule has 3 aromatic rings. The molecule has 10 heteroatoms. The third-order valence-corrected chi connectivity index (χ3v) is 5.33. The smallest absolute Gasteiger partial charge is 0.197 e. The Morgan fingerprint density at radius 3 is 2.19 bits per heavy atom. The summed E-state index contributed by atoms with van der Waals surface area (Å²) in [7, 11) is 0. The first-order valence-electron chi connectivity index (χ1n) is 9.35. The Labute approximate surface area is 174 Å². The minimum absolute atomic E-state index is 0.0100. The SMILES string of the molecule is O=c1cc(-c2ccc(O)cc2)oc2c([C@H]3O[C@H](CO)[C@H](O)[C@@H](O)[C@H]3O)c(O)cc(O)c12. The van der Waals surface area contributed by atoms with Crippen molar-refractivity contribution in [3.05, 3.63) is 52.2 Å². The van der Waals surface area contributed by atoms with E-state index in [2.05, 4.69) is 0 Å². The van der Waals surface area contributed by atoms with Crippen molar-refractivity contribution in [2.24, 2.45) is 0 Å². The topological polar surface area (TPSA) is 181 Å². The van der Waals surface area contributed by atoms with Crippen LogP contribution in [0.2, 0.25) is 0 Å². The fraction of sp³-hybridized carbons (Fsp3) is 0.286. The maximum Gasteiger partial charge on any atom is 0.197 e. The largest absolute Gasteiger partial charge is 0.508 e.